The Kier molecular flexibility index (Phi) is 7.30. The molecular weight excluding hydrogens is 589 g/mol. The Bertz CT molecular complexity index is 1820. The quantitative estimate of drug-likeness (QED) is 0.182. The van der Waals surface area contributed by atoms with Crippen LogP contribution in [-0.2, 0) is 0 Å². The maximum atomic E-state index is 6.65. The van der Waals surface area contributed by atoms with Crippen LogP contribution in [0.3, 0.4) is 0 Å². The first-order valence-electron chi connectivity index (χ1n) is 13.5. The van der Waals surface area contributed by atoms with Gasteiger partial charge in [0, 0.05) is 34.4 Å². The van der Waals surface area contributed by atoms with Crippen LogP contribution in [0.25, 0.3) is 28.2 Å². The third kappa shape index (κ3) is 5.12. The van der Waals surface area contributed by atoms with Gasteiger partial charge in [-0.3, -0.25) is 9.47 Å². The van der Waals surface area contributed by atoms with Crippen molar-refractivity contribution in [2.75, 3.05) is 13.1 Å². The lowest BCUT2D eigenvalue weighted by Crippen LogP contribution is -2.55. The molecule has 6 aromatic rings. The monoisotopic (exact) mass is 611 g/mol. The predicted octanol–water partition coefficient (Wildman–Crippen LogP) is 8.30. The molecule has 42 heavy (non-hydrogen) atoms. The molecule has 208 valence electrons. The molecule has 0 saturated carbocycles. The maximum Gasteiger partial charge on any atom is 0.245 e. The Balaban J connectivity index is 1.23. The number of fused-ring (bicyclic) bond motifs is 1. The lowest BCUT2D eigenvalue weighted by Gasteiger charge is -2.44. The fourth-order valence-corrected chi connectivity index (χ4v) is 6.06. The molecule has 0 bridgehead atoms. The topological polar surface area (TPSA) is 56.1 Å². The molecule has 0 unspecified atom stereocenters. The summed E-state index contributed by atoms with van der Waals surface area (Å²) < 4.78 is 8.41. The molecule has 7 rings (SSSR count). The molecule has 0 amide bonds. The van der Waals surface area contributed by atoms with Crippen LogP contribution < -0.4 is 4.74 Å². The van der Waals surface area contributed by atoms with Gasteiger partial charge in [0.2, 0.25) is 5.88 Å². The first kappa shape index (κ1) is 26.9. The van der Waals surface area contributed by atoms with E-state index in [1.54, 1.807) is 12.1 Å². The maximum absolute atomic E-state index is 6.65. The van der Waals surface area contributed by atoms with Gasteiger partial charge >= 0.3 is 0 Å². The van der Waals surface area contributed by atoms with Gasteiger partial charge in [-0.15, -0.1) is 0 Å². The Morgan fingerprint density at radius 3 is 2.02 bits per heavy atom. The van der Waals surface area contributed by atoms with Crippen molar-refractivity contribution in [2.24, 2.45) is 0 Å². The van der Waals surface area contributed by atoms with Gasteiger partial charge in [-0.25, -0.2) is 9.97 Å². The number of rotatable bonds is 7. The van der Waals surface area contributed by atoms with E-state index < -0.39 is 0 Å². The van der Waals surface area contributed by atoms with E-state index in [4.69, 9.17) is 44.5 Å². The van der Waals surface area contributed by atoms with Gasteiger partial charge in [-0.1, -0.05) is 95.5 Å². The summed E-state index contributed by atoms with van der Waals surface area (Å²) in [6.07, 6.45) is 1.45. The van der Waals surface area contributed by atoms with Crippen LogP contribution in [0.1, 0.15) is 17.2 Å². The van der Waals surface area contributed by atoms with Gasteiger partial charge in [-0.2, -0.15) is 4.98 Å². The van der Waals surface area contributed by atoms with E-state index in [2.05, 4.69) is 63.4 Å². The Morgan fingerprint density at radius 1 is 0.738 bits per heavy atom. The average Bonchev–Trinajstić information content (AvgIpc) is 3.37. The van der Waals surface area contributed by atoms with E-state index in [0.29, 0.717) is 43.5 Å². The number of benzene rings is 4. The Labute approximate surface area is 258 Å². The number of imidazole rings is 1. The standard InChI is InChI=1S/C33H24Cl3N5O/c34-23-11-14-25(15-12-23)41-31(27-16-13-24(35)17-28(27)36)39-29-32(41)37-20-38-33(29)42-26-18-40(19-26)30(21-7-3-1-4-8-21)22-9-5-2-6-10-22/h1-17,20,26,30H,18-19H2. The van der Waals surface area contributed by atoms with Crippen molar-refractivity contribution in [1.82, 2.24) is 24.4 Å². The van der Waals surface area contributed by atoms with E-state index in [1.807, 2.05) is 47.0 Å². The highest BCUT2D eigenvalue weighted by atomic mass is 35.5. The highest BCUT2D eigenvalue weighted by molar-refractivity contribution is 6.36. The van der Waals surface area contributed by atoms with Crippen molar-refractivity contribution < 1.29 is 4.74 Å². The van der Waals surface area contributed by atoms with Crippen LogP contribution in [0.5, 0.6) is 5.88 Å². The second-order valence-corrected chi connectivity index (χ2v) is 11.4. The van der Waals surface area contributed by atoms with Crippen LogP contribution in [0.15, 0.2) is 109 Å². The molecule has 1 aliphatic rings. The summed E-state index contributed by atoms with van der Waals surface area (Å²) >= 11 is 19.0. The lowest BCUT2D eigenvalue weighted by molar-refractivity contribution is -0.00139. The van der Waals surface area contributed by atoms with Gasteiger partial charge in [0.05, 0.1) is 11.1 Å². The SMILES string of the molecule is Clc1ccc(-n2c(-c3ccc(Cl)cc3Cl)nc3c(OC4CN(C(c5ccccc5)c5ccccc5)C4)ncnc32)cc1. The molecule has 3 heterocycles. The molecule has 2 aromatic heterocycles. The summed E-state index contributed by atoms with van der Waals surface area (Å²) in [6.45, 7) is 1.49. The Hall–Kier alpha value is -3.94. The van der Waals surface area contributed by atoms with Crippen LogP contribution >= 0.6 is 34.8 Å². The van der Waals surface area contributed by atoms with Crippen molar-refractivity contribution >= 4 is 46.0 Å². The zero-order valence-electron chi connectivity index (χ0n) is 22.2. The second-order valence-electron chi connectivity index (χ2n) is 10.1. The fourth-order valence-electron chi connectivity index (χ4n) is 5.44. The van der Waals surface area contributed by atoms with E-state index in [9.17, 15) is 0 Å². The smallest absolute Gasteiger partial charge is 0.245 e. The third-order valence-electron chi connectivity index (χ3n) is 7.42. The second kappa shape index (κ2) is 11.4. The molecule has 0 N–H and O–H groups in total. The van der Waals surface area contributed by atoms with Gasteiger partial charge in [0.25, 0.3) is 0 Å². The highest BCUT2D eigenvalue weighted by Crippen LogP contribution is 2.37. The first-order chi connectivity index (χ1) is 20.5. The number of halogens is 3. The molecule has 1 saturated heterocycles. The molecule has 6 nitrogen and oxygen atoms in total. The molecule has 9 heteroatoms. The first-order valence-corrected chi connectivity index (χ1v) is 14.6. The van der Waals surface area contributed by atoms with Crippen LogP contribution in [0.2, 0.25) is 15.1 Å². The van der Waals surface area contributed by atoms with Gasteiger partial charge in [0.1, 0.15) is 18.3 Å². The van der Waals surface area contributed by atoms with Crippen LogP contribution in [0, 0.1) is 0 Å². The van der Waals surface area contributed by atoms with Crippen molar-refractivity contribution in [3.63, 3.8) is 0 Å². The molecule has 0 spiro atoms. The summed E-state index contributed by atoms with van der Waals surface area (Å²) in [7, 11) is 0. The number of hydrogen-bond donors (Lipinski definition) is 0. The van der Waals surface area contributed by atoms with Gasteiger partial charge < -0.3 is 4.74 Å². The largest absolute Gasteiger partial charge is 0.470 e. The molecular formula is C33H24Cl3N5O. The van der Waals surface area contributed by atoms with E-state index in [-0.39, 0.29) is 12.1 Å². The molecule has 0 atom stereocenters. The third-order valence-corrected chi connectivity index (χ3v) is 8.22. The highest BCUT2D eigenvalue weighted by Gasteiger charge is 2.36. The molecule has 4 aromatic carbocycles. The number of hydrogen-bond acceptors (Lipinski definition) is 5. The van der Waals surface area contributed by atoms with Crippen molar-refractivity contribution in [2.45, 2.75) is 12.1 Å². The summed E-state index contributed by atoms with van der Waals surface area (Å²) in [4.78, 5) is 16.5. The van der Waals surface area contributed by atoms with E-state index in [1.165, 1.54) is 17.5 Å². The van der Waals surface area contributed by atoms with E-state index >= 15 is 0 Å². The van der Waals surface area contributed by atoms with Crippen molar-refractivity contribution in [3.8, 4) is 23.0 Å². The van der Waals surface area contributed by atoms with Crippen LogP contribution in [0.4, 0.5) is 0 Å². The number of likely N-dealkylation sites (tertiary alicyclic amines) is 1. The molecule has 1 aliphatic heterocycles. The zero-order valence-corrected chi connectivity index (χ0v) is 24.5. The zero-order chi connectivity index (χ0) is 28.6. The molecule has 0 radical (unpaired) electrons. The summed E-state index contributed by atoms with van der Waals surface area (Å²) in [5.74, 6) is 1.03. The van der Waals surface area contributed by atoms with Crippen LogP contribution in [-0.4, -0.2) is 43.6 Å². The minimum absolute atomic E-state index is 0.0544. The average molecular weight is 613 g/mol. The number of nitrogens with zero attached hydrogens (tertiary/aromatic N) is 5. The van der Waals surface area contributed by atoms with Crippen molar-refractivity contribution in [3.05, 3.63) is 136 Å². The van der Waals surface area contributed by atoms with Gasteiger partial charge in [-0.05, 0) is 53.6 Å². The predicted molar refractivity (Wildman–Crippen MR) is 168 cm³/mol. The molecule has 1 fully saturated rings. The summed E-state index contributed by atoms with van der Waals surface area (Å²) in [5.41, 5.74) is 5.19. The minimum atomic E-state index is -0.0544. The normalized spacial score (nSPS) is 13.9. The fraction of sp³-hybridized carbons (Fsp3) is 0.121. The minimum Gasteiger partial charge on any atom is -0.470 e. The summed E-state index contributed by atoms with van der Waals surface area (Å²) in [6, 6.07) is 34.1. The molecule has 0 aliphatic carbocycles. The van der Waals surface area contributed by atoms with E-state index in [0.717, 1.165) is 18.8 Å². The summed E-state index contributed by atoms with van der Waals surface area (Å²) in [5, 5.41) is 1.65. The lowest BCUT2D eigenvalue weighted by atomic mass is 9.94. The number of aromatic nitrogens is 4. The van der Waals surface area contributed by atoms with Crippen molar-refractivity contribution in [1.29, 1.82) is 0 Å². The Morgan fingerprint density at radius 2 is 1.38 bits per heavy atom. The number of ether oxygens (including phenoxy) is 1. The van der Waals surface area contributed by atoms with Gasteiger partial charge in [0.15, 0.2) is 11.2 Å².